The lowest BCUT2D eigenvalue weighted by molar-refractivity contribution is 0.0531. The molecule has 1 aromatic heterocycles. The van der Waals surface area contributed by atoms with Crippen LogP contribution < -0.4 is 5.32 Å². The van der Waals surface area contributed by atoms with Gasteiger partial charge in [0.05, 0.1) is 17.4 Å². The van der Waals surface area contributed by atoms with E-state index in [1.54, 1.807) is 44.2 Å². The highest BCUT2D eigenvalue weighted by Gasteiger charge is 2.16. The zero-order valence-electron chi connectivity index (χ0n) is 14.2. The van der Waals surface area contributed by atoms with Gasteiger partial charge in [-0.25, -0.2) is 13.2 Å². The van der Waals surface area contributed by atoms with Crippen molar-refractivity contribution in [1.29, 1.82) is 0 Å². The van der Waals surface area contributed by atoms with Gasteiger partial charge in [0.15, 0.2) is 9.84 Å². The molecule has 1 aromatic carbocycles. The van der Waals surface area contributed by atoms with Crippen LogP contribution in [0.2, 0.25) is 0 Å². The predicted molar refractivity (Wildman–Crippen MR) is 98.0 cm³/mol. The number of benzene rings is 1. The Balaban J connectivity index is 2.09. The van der Waals surface area contributed by atoms with Crippen molar-refractivity contribution in [2.45, 2.75) is 19.6 Å². The number of nitrogens with one attached hydrogen (secondary N) is 1. The maximum Gasteiger partial charge on any atom is 0.348 e. The van der Waals surface area contributed by atoms with E-state index in [4.69, 9.17) is 4.74 Å². The number of thiophene rings is 1. The Morgan fingerprint density at radius 1 is 1.20 bits per heavy atom. The maximum atomic E-state index is 12.3. The summed E-state index contributed by atoms with van der Waals surface area (Å²) in [5.74, 6) is -0.805. The first-order valence-electron chi connectivity index (χ1n) is 7.55. The van der Waals surface area contributed by atoms with E-state index in [0.29, 0.717) is 21.0 Å². The molecule has 0 atom stereocenters. The van der Waals surface area contributed by atoms with E-state index in [2.05, 4.69) is 5.32 Å². The van der Waals surface area contributed by atoms with E-state index in [1.807, 2.05) is 0 Å². The smallest absolute Gasteiger partial charge is 0.348 e. The monoisotopic (exact) mass is 381 g/mol. The van der Waals surface area contributed by atoms with Gasteiger partial charge in [-0.3, -0.25) is 4.79 Å². The van der Waals surface area contributed by atoms with Crippen LogP contribution in [0.1, 0.15) is 38.1 Å². The molecule has 6 nitrogen and oxygen atoms in total. The van der Waals surface area contributed by atoms with Crippen LogP contribution in [0, 0.1) is 6.92 Å². The van der Waals surface area contributed by atoms with Crippen LogP contribution >= 0.6 is 11.3 Å². The third kappa shape index (κ3) is 5.40. The van der Waals surface area contributed by atoms with Crippen molar-refractivity contribution in [1.82, 2.24) is 0 Å². The topological polar surface area (TPSA) is 89.5 Å². The number of esters is 1. The third-order valence-corrected chi connectivity index (χ3v) is 5.25. The second-order valence-electron chi connectivity index (χ2n) is 5.56. The van der Waals surface area contributed by atoms with Crippen LogP contribution in [0.15, 0.2) is 30.3 Å². The number of amides is 1. The summed E-state index contributed by atoms with van der Waals surface area (Å²) >= 11 is 1.16. The summed E-state index contributed by atoms with van der Waals surface area (Å²) in [5.41, 5.74) is 1.76. The molecular formula is C17H19NO5S2. The van der Waals surface area contributed by atoms with Crippen molar-refractivity contribution in [3.05, 3.63) is 51.9 Å². The fraction of sp³-hybridized carbons (Fsp3) is 0.294. The molecule has 0 saturated carbocycles. The number of carbonyl (C=O) groups excluding carboxylic acids is 2. The minimum Gasteiger partial charge on any atom is -0.462 e. The molecule has 0 aliphatic carbocycles. The quantitative estimate of drug-likeness (QED) is 0.777. The molecule has 8 heteroatoms. The second-order valence-corrected chi connectivity index (χ2v) is 8.76. The van der Waals surface area contributed by atoms with Crippen LogP contribution in [0.3, 0.4) is 0 Å². The summed E-state index contributed by atoms with van der Waals surface area (Å²) in [6, 6.07) is 8.08. The number of hydrogen-bond acceptors (Lipinski definition) is 6. The van der Waals surface area contributed by atoms with Gasteiger partial charge in [0.25, 0.3) is 5.91 Å². The van der Waals surface area contributed by atoms with E-state index in [9.17, 15) is 18.0 Å². The Morgan fingerprint density at radius 3 is 2.40 bits per heavy atom. The van der Waals surface area contributed by atoms with Crippen molar-refractivity contribution in [3.8, 4) is 0 Å². The number of aryl methyl sites for hydroxylation is 1. The highest BCUT2D eigenvalue weighted by molar-refractivity contribution is 7.89. The minimum absolute atomic E-state index is 0.0675. The summed E-state index contributed by atoms with van der Waals surface area (Å²) < 4.78 is 27.5. The zero-order valence-corrected chi connectivity index (χ0v) is 15.8. The number of hydrogen-bond donors (Lipinski definition) is 1. The Labute approximate surface area is 150 Å². The molecular weight excluding hydrogens is 362 g/mol. The van der Waals surface area contributed by atoms with E-state index in [-0.39, 0.29) is 18.3 Å². The van der Waals surface area contributed by atoms with Crippen molar-refractivity contribution >= 4 is 38.1 Å². The van der Waals surface area contributed by atoms with Crippen LogP contribution in [0.4, 0.5) is 5.00 Å². The minimum atomic E-state index is -3.12. The number of anilines is 1. The molecule has 0 bridgehead atoms. The molecule has 1 amide bonds. The first kappa shape index (κ1) is 19.1. The predicted octanol–water partition coefficient (Wildman–Crippen LogP) is 3.03. The summed E-state index contributed by atoms with van der Waals surface area (Å²) in [6.45, 7) is 3.80. The molecule has 0 aliphatic heterocycles. The van der Waals surface area contributed by atoms with Gasteiger partial charge in [-0.2, -0.15) is 0 Å². The number of ether oxygens (including phenoxy) is 1. The van der Waals surface area contributed by atoms with Gasteiger partial charge in [0.1, 0.15) is 4.88 Å². The van der Waals surface area contributed by atoms with Gasteiger partial charge >= 0.3 is 5.97 Å². The van der Waals surface area contributed by atoms with Crippen molar-refractivity contribution in [2.24, 2.45) is 0 Å². The van der Waals surface area contributed by atoms with Crippen LogP contribution in [0.25, 0.3) is 0 Å². The molecule has 1 N–H and O–H groups in total. The van der Waals surface area contributed by atoms with Gasteiger partial charge in [-0.1, -0.05) is 12.1 Å². The van der Waals surface area contributed by atoms with E-state index in [0.717, 1.165) is 23.2 Å². The van der Waals surface area contributed by atoms with E-state index in [1.165, 1.54) is 0 Å². The van der Waals surface area contributed by atoms with Gasteiger partial charge < -0.3 is 10.1 Å². The normalized spacial score (nSPS) is 11.2. The SMILES string of the molecule is CCOC(=O)c1sc(NC(=O)c2ccc(CS(C)(=O)=O)cc2)cc1C. The molecule has 0 spiro atoms. The van der Waals surface area contributed by atoms with Gasteiger partial charge in [-0.15, -0.1) is 11.3 Å². The fourth-order valence-electron chi connectivity index (χ4n) is 2.18. The number of sulfone groups is 1. The molecule has 0 fully saturated rings. The lowest BCUT2D eigenvalue weighted by Gasteiger charge is -2.04. The fourth-order valence-corrected chi connectivity index (χ4v) is 3.94. The number of carbonyl (C=O) groups is 2. The number of rotatable bonds is 6. The molecule has 2 rings (SSSR count). The molecule has 25 heavy (non-hydrogen) atoms. The second kappa shape index (κ2) is 7.79. The lowest BCUT2D eigenvalue weighted by Crippen LogP contribution is -2.11. The molecule has 0 saturated heterocycles. The Bertz CT molecular complexity index is 882. The Hall–Kier alpha value is -2.19. The van der Waals surface area contributed by atoms with Gasteiger partial charge in [0, 0.05) is 11.8 Å². The summed E-state index contributed by atoms with van der Waals surface area (Å²) in [4.78, 5) is 24.6. The summed E-state index contributed by atoms with van der Waals surface area (Å²) in [6.07, 6.45) is 1.16. The third-order valence-electron chi connectivity index (χ3n) is 3.26. The molecule has 0 aliphatic rings. The van der Waals surface area contributed by atoms with Gasteiger partial charge in [0.2, 0.25) is 0 Å². The average Bonchev–Trinajstić information content (AvgIpc) is 2.87. The molecule has 1 heterocycles. The molecule has 2 aromatic rings. The van der Waals surface area contributed by atoms with Crippen LogP contribution in [-0.4, -0.2) is 33.2 Å². The maximum absolute atomic E-state index is 12.3. The summed E-state index contributed by atoms with van der Waals surface area (Å²) in [7, 11) is -3.12. The first-order chi connectivity index (χ1) is 11.7. The van der Waals surface area contributed by atoms with Gasteiger partial charge in [-0.05, 0) is 43.2 Å². The highest BCUT2D eigenvalue weighted by atomic mass is 32.2. The van der Waals surface area contributed by atoms with Crippen molar-refractivity contribution in [2.75, 3.05) is 18.2 Å². The Morgan fingerprint density at radius 2 is 1.84 bits per heavy atom. The zero-order chi connectivity index (χ0) is 18.6. The summed E-state index contributed by atoms with van der Waals surface area (Å²) in [5, 5.41) is 3.28. The van der Waals surface area contributed by atoms with Crippen molar-refractivity contribution < 1.29 is 22.7 Å². The Kier molecular flexibility index (Phi) is 5.97. The molecule has 0 unspecified atom stereocenters. The van der Waals surface area contributed by atoms with E-state index < -0.39 is 15.8 Å². The standard InChI is InChI=1S/C17H19NO5S2/c1-4-23-17(20)15-11(2)9-14(24-15)18-16(19)13-7-5-12(6-8-13)10-25(3,21)22/h5-9H,4,10H2,1-3H3,(H,18,19). The van der Waals surface area contributed by atoms with Crippen LogP contribution in [-0.2, 0) is 20.3 Å². The molecule has 0 radical (unpaired) electrons. The largest absolute Gasteiger partial charge is 0.462 e. The lowest BCUT2D eigenvalue weighted by atomic mass is 10.1. The van der Waals surface area contributed by atoms with Crippen LogP contribution in [0.5, 0.6) is 0 Å². The van der Waals surface area contributed by atoms with Crippen molar-refractivity contribution in [3.63, 3.8) is 0 Å². The van der Waals surface area contributed by atoms with E-state index >= 15 is 0 Å². The molecule has 134 valence electrons. The highest BCUT2D eigenvalue weighted by Crippen LogP contribution is 2.27. The average molecular weight is 381 g/mol. The first-order valence-corrected chi connectivity index (χ1v) is 10.4.